The van der Waals surface area contributed by atoms with Crippen LogP contribution in [-0.2, 0) is 4.79 Å². The largest absolute Gasteiger partial charge is 0.497 e. The summed E-state index contributed by atoms with van der Waals surface area (Å²) in [4.78, 5) is 33.2. The summed E-state index contributed by atoms with van der Waals surface area (Å²) in [7, 11) is 1.68. The van der Waals surface area contributed by atoms with Gasteiger partial charge in [-0.15, -0.1) is 0 Å². The van der Waals surface area contributed by atoms with Crippen LogP contribution in [0, 0.1) is 11.7 Å². The van der Waals surface area contributed by atoms with Crippen LogP contribution in [0.5, 0.6) is 5.75 Å². The Balaban J connectivity index is 1.21. The molecule has 2 aliphatic rings. The second-order valence-corrected chi connectivity index (χ2v) is 9.35. The van der Waals surface area contributed by atoms with Crippen molar-refractivity contribution in [2.45, 2.75) is 31.6 Å². The molecular formula is C27H30FN3O3. The summed E-state index contributed by atoms with van der Waals surface area (Å²) in [6, 6.07) is 11.7. The molecule has 0 spiro atoms. The van der Waals surface area contributed by atoms with Crippen molar-refractivity contribution in [3.8, 4) is 5.75 Å². The third kappa shape index (κ3) is 4.39. The maximum atomic E-state index is 13.3. The van der Waals surface area contributed by atoms with Crippen LogP contribution in [-0.4, -0.2) is 59.9 Å². The maximum Gasteiger partial charge on any atom is 0.253 e. The van der Waals surface area contributed by atoms with Gasteiger partial charge in [-0.2, -0.15) is 0 Å². The van der Waals surface area contributed by atoms with Crippen LogP contribution in [0.4, 0.5) is 4.39 Å². The van der Waals surface area contributed by atoms with E-state index in [4.69, 9.17) is 4.74 Å². The molecular weight excluding hydrogens is 433 g/mol. The zero-order valence-electron chi connectivity index (χ0n) is 19.4. The van der Waals surface area contributed by atoms with Gasteiger partial charge in [-0.05, 0) is 79.6 Å². The highest BCUT2D eigenvalue weighted by Gasteiger charge is 2.33. The summed E-state index contributed by atoms with van der Waals surface area (Å²) in [6.45, 7) is 2.51. The van der Waals surface area contributed by atoms with Gasteiger partial charge in [0, 0.05) is 48.8 Å². The fourth-order valence-corrected chi connectivity index (χ4v) is 5.39. The Morgan fingerprint density at radius 2 is 1.76 bits per heavy atom. The number of aromatic amines is 1. The number of carbonyl (C=O) groups excluding carboxylic acids is 2. The van der Waals surface area contributed by atoms with E-state index >= 15 is 0 Å². The molecule has 34 heavy (non-hydrogen) atoms. The number of carbonyl (C=O) groups is 2. The number of amides is 2. The number of piperidine rings is 2. The van der Waals surface area contributed by atoms with Crippen molar-refractivity contribution in [1.82, 2.24) is 14.8 Å². The predicted octanol–water partition coefficient (Wildman–Crippen LogP) is 4.57. The Kier molecular flexibility index (Phi) is 6.26. The lowest BCUT2D eigenvalue weighted by molar-refractivity contribution is -0.138. The normalized spacial score (nSPS) is 19.4. The number of rotatable bonds is 4. The first-order valence-electron chi connectivity index (χ1n) is 12.0. The fraction of sp³-hybridized carbons (Fsp3) is 0.407. The number of aromatic nitrogens is 1. The van der Waals surface area contributed by atoms with Gasteiger partial charge in [-0.3, -0.25) is 9.59 Å². The number of methoxy groups -OCH3 is 1. The quantitative estimate of drug-likeness (QED) is 0.616. The molecule has 1 N–H and O–H groups in total. The first-order valence-corrected chi connectivity index (χ1v) is 12.0. The monoisotopic (exact) mass is 463 g/mol. The molecule has 0 radical (unpaired) electrons. The van der Waals surface area contributed by atoms with Crippen LogP contribution in [0.2, 0.25) is 0 Å². The van der Waals surface area contributed by atoms with Gasteiger partial charge in [0.2, 0.25) is 5.91 Å². The SMILES string of the molecule is COc1ccc2[nH]cc(C3CCN(C(=O)C4CCCN(C(=O)c5ccc(F)cc5)C4)CC3)c2c1. The van der Waals surface area contributed by atoms with Crippen molar-refractivity contribution in [2.75, 3.05) is 33.3 Å². The van der Waals surface area contributed by atoms with Crippen molar-refractivity contribution < 1.29 is 18.7 Å². The molecule has 7 heteroatoms. The number of halogens is 1. The summed E-state index contributed by atoms with van der Waals surface area (Å²) in [5.41, 5.74) is 2.85. The van der Waals surface area contributed by atoms with Crippen LogP contribution in [0.1, 0.15) is 47.5 Å². The molecule has 0 aliphatic carbocycles. The number of hydrogen-bond donors (Lipinski definition) is 1. The van der Waals surface area contributed by atoms with E-state index in [-0.39, 0.29) is 23.5 Å². The molecule has 3 aromatic rings. The molecule has 178 valence electrons. The fourth-order valence-electron chi connectivity index (χ4n) is 5.39. The molecule has 0 bridgehead atoms. The predicted molar refractivity (Wildman–Crippen MR) is 128 cm³/mol. The molecule has 2 saturated heterocycles. The minimum Gasteiger partial charge on any atom is -0.497 e. The minimum atomic E-state index is -0.363. The number of hydrogen-bond acceptors (Lipinski definition) is 3. The minimum absolute atomic E-state index is 0.133. The molecule has 2 aliphatic heterocycles. The second kappa shape index (κ2) is 9.49. The summed E-state index contributed by atoms with van der Waals surface area (Å²) >= 11 is 0. The highest BCUT2D eigenvalue weighted by molar-refractivity contribution is 5.94. The first kappa shape index (κ1) is 22.4. The van der Waals surface area contributed by atoms with Crippen LogP contribution < -0.4 is 4.74 Å². The van der Waals surface area contributed by atoms with Gasteiger partial charge in [0.25, 0.3) is 5.91 Å². The van der Waals surface area contributed by atoms with E-state index in [1.165, 1.54) is 35.2 Å². The Morgan fingerprint density at radius 1 is 1.00 bits per heavy atom. The van der Waals surface area contributed by atoms with Crippen molar-refractivity contribution in [3.63, 3.8) is 0 Å². The third-order valence-corrected chi connectivity index (χ3v) is 7.32. The molecule has 2 fully saturated rings. The Morgan fingerprint density at radius 3 is 2.50 bits per heavy atom. The topological polar surface area (TPSA) is 65.6 Å². The van der Waals surface area contributed by atoms with Crippen LogP contribution in [0.3, 0.4) is 0 Å². The lowest BCUT2D eigenvalue weighted by Crippen LogP contribution is -2.48. The Bertz CT molecular complexity index is 1180. The molecule has 1 unspecified atom stereocenters. The standard InChI is InChI=1S/C27H30FN3O3/c1-34-22-8-9-25-23(15-22)24(16-29-25)18-10-13-30(14-11-18)27(33)20-3-2-12-31(17-20)26(32)19-4-6-21(28)7-5-19/h4-9,15-16,18,20,29H,2-3,10-14,17H2,1H3. The van der Waals surface area contributed by atoms with Crippen molar-refractivity contribution in [3.05, 3.63) is 65.6 Å². The molecule has 3 heterocycles. The van der Waals surface area contributed by atoms with E-state index in [1.54, 1.807) is 12.0 Å². The zero-order chi connectivity index (χ0) is 23.7. The smallest absolute Gasteiger partial charge is 0.253 e. The summed E-state index contributed by atoms with van der Waals surface area (Å²) in [5.74, 6) is 0.720. The lowest BCUT2D eigenvalue weighted by Gasteiger charge is -2.38. The molecule has 2 amide bonds. The van der Waals surface area contributed by atoms with E-state index in [2.05, 4.69) is 17.2 Å². The van der Waals surface area contributed by atoms with Gasteiger partial charge in [0.15, 0.2) is 0 Å². The second-order valence-electron chi connectivity index (χ2n) is 9.35. The molecule has 2 aromatic carbocycles. The zero-order valence-corrected chi connectivity index (χ0v) is 19.4. The first-order chi connectivity index (χ1) is 16.5. The number of H-pyrrole nitrogens is 1. The van der Waals surface area contributed by atoms with E-state index in [9.17, 15) is 14.0 Å². The van der Waals surface area contributed by atoms with Gasteiger partial charge in [-0.25, -0.2) is 4.39 Å². The van der Waals surface area contributed by atoms with Crippen LogP contribution >= 0.6 is 0 Å². The van der Waals surface area contributed by atoms with Gasteiger partial charge in [0.1, 0.15) is 11.6 Å². The van der Waals surface area contributed by atoms with E-state index in [1.807, 2.05) is 17.0 Å². The highest BCUT2D eigenvalue weighted by atomic mass is 19.1. The van der Waals surface area contributed by atoms with E-state index < -0.39 is 0 Å². The van der Waals surface area contributed by atoms with Crippen LogP contribution in [0.25, 0.3) is 10.9 Å². The van der Waals surface area contributed by atoms with Crippen LogP contribution in [0.15, 0.2) is 48.7 Å². The summed E-state index contributed by atoms with van der Waals surface area (Å²) in [6.07, 6.45) is 5.53. The molecule has 1 aromatic heterocycles. The van der Waals surface area contributed by atoms with Gasteiger partial charge in [0.05, 0.1) is 13.0 Å². The highest BCUT2D eigenvalue weighted by Crippen LogP contribution is 2.35. The third-order valence-electron chi connectivity index (χ3n) is 7.32. The van der Waals surface area contributed by atoms with Crippen molar-refractivity contribution in [1.29, 1.82) is 0 Å². The summed E-state index contributed by atoms with van der Waals surface area (Å²) in [5, 5.41) is 1.19. The van der Waals surface area contributed by atoms with E-state index in [0.29, 0.717) is 24.6 Å². The number of likely N-dealkylation sites (tertiary alicyclic amines) is 2. The molecule has 5 rings (SSSR count). The number of fused-ring (bicyclic) bond motifs is 1. The average Bonchev–Trinajstić information content (AvgIpc) is 3.31. The summed E-state index contributed by atoms with van der Waals surface area (Å²) < 4.78 is 18.6. The van der Waals surface area contributed by atoms with Gasteiger partial charge >= 0.3 is 0 Å². The molecule has 6 nitrogen and oxygen atoms in total. The Hall–Kier alpha value is -3.35. The molecule has 1 atom stereocenters. The maximum absolute atomic E-state index is 13.3. The number of nitrogens with one attached hydrogen (secondary N) is 1. The van der Waals surface area contributed by atoms with Crippen molar-refractivity contribution >= 4 is 22.7 Å². The number of ether oxygens (including phenoxy) is 1. The van der Waals surface area contributed by atoms with E-state index in [0.717, 1.165) is 50.0 Å². The average molecular weight is 464 g/mol. The van der Waals surface area contributed by atoms with Gasteiger partial charge < -0.3 is 19.5 Å². The molecule has 0 saturated carbocycles. The number of benzene rings is 2. The Labute approximate surface area is 198 Å². The van der Waals surface area contributed by atoms with Gasteiger partial charge in [-0.1, -0.05) is 0 Å². The number of nitrogens with zero attached hydrogens (tertiary/aromatic N) is 2. The lowest BCUT2D eigenvalue weighted by atomic mass is 9.88. The van der Waals surface area contributed by atoms with Crippen molar-refractivity contribution in [2.24, 2.45) is 5.92 Å².